The molecular weight excluding hydrogens is 248 g/mol. The van der Waals surface area contributed by atoms with Gasteiger partial charge in [0.2, 0.25) is 0 Å². The summed E-state index contributed by atoms with van der Waals surface area (Å²) < 4.78 is 0. The highest BCUT2D eigenvalue weighted by Gasteiger charge is 2.38. The number of aliphatic hydroxyl groups excluding tert-OH is 1. The lowest BCUT2D eigenvalue weighted by Gasteiger charge is -2.47. The molecule has 2 unspecified atom stereocenters. The molecule has 3 nitrogen and oxygen atoms in total. The Morgan fingerprint density at radius 3 is 2.50 bits per heavy atom. The molecule has 2 atom stereocenters. The average molecular weight is 282 g/mol. The van der Waals surface area contributed by atoms with Crippen molar-refractivity contribution in [2.45, 2.75) is 83.3 Å². The van der Waals surface area contributed by atoms with Crippen molar-refractivity contribution >= 4 is 0 Å². The fourth-order valence-electron chi connectivity index (χ4n) is 4.30. The van der Waals surface area contributed by atoms with Gasteiger partial charge in [0.25, 0.3) is 0 Å². The first-order valence-electron chi connectivity index (χ1n) is 8.71. The number of hydrogen-bond acceptors (Lipinski definition) is 3. The molecular formula is C17H34N2O. The Labute approximate surface area is 125 Å². The lowest BCUT2D eigenvalue weighted by atomic mass is 9.77. The molecule has 0 aromatic heterocycles. The quantitative estimate of drug-likeness (QED) is 0.814. The Bertz CT molecular complexity index is 287. The highest BCUT2D eigenvalue weighted by Crippen LogP contribution is 2.33. The van der Waals surface area contributed by atoms with E-state index in [1.165, 1.54) is 45.2 Å². The summed E-state index contributed by atoms with van der Waals surface area (Å²) in [7, 11) is 0. The van der Waals surface area contributed by atoms with Crippen LogP contribution in [0.5, 0.6) is 0 Å². The van der Waals surface area contributed by atoms with Crippen molar-refractivity contribution in [3.05, 3.63) is 0 Å². The molecule has 0 spiro atoms. The summed E-state index contributed by atoms with van der Waals surface area (Å²) in [4.78, 5) is 2.71. The van der Waals surface area contributed by atoms with Crippen LogP contribution in [0.25, 0.3) is 0 Å². The van der Waals surface area contributed by atoms with Gasteiger partial charge in [0.15, 0.2) is 0 Å². The molecule has 0 bridgehead atoms. The van der Waals surface area contributed by atoms with E-state index in [1.807, 2.05) is 0 Å². The van der Waals surface area contributed by atoms with E-state index in [1.54, 1.807) is 0 Å². The van der Waals surface area contributed by atoms with Crippen molar-refractivity contribution in [3.8, 4) is 0 Å². The smallest absolute Gasteiger partial charge is 0.0613 e. The highest BCUT2D eigenvalue weighted by atomic mass is 16.3. The molecule has 3 heteroatoms. The lowest BCUT2D eigenvalue weighted by molar-refractivity contribution is 0.0384. The third kappa shape index (κ3) is 3.96. The van der Waals surface area contributed by atoms with Crippen LogP contribution >= 0.6 is 0 Å². The molecule has 1 saturated heterocycles. The number of likely N-dealkylation sites (tertiary alicyclic amines) is 1. The summed E-state index contributed by atoms with van der Waals surface area (Å²) >= 11 is 0. The molecule has 0 amide bonds. The maximum Gasteiger partial charge on any atom is 0.0613 e. The molecule has 1 heterocycles. The molecule has 1 aliphatic carbocycles. The third-order valence-corrected chi connectivity index (χ3v) is 5.46. The fourth-order valence-corrected chi connectivity index (χ4v) is 4.30. The van der Waals surface area contributed by atoms with E-state index in [2.05, 4.69) is 31.0 Å². The first-order valence-corrected chi connectivity index (χ1v) is 8.71. The van der Waals surface area contributed by atoms with Crippen molar-refractivity contribution in [1.82, 2.24) is 10.2 Å². The van der Waals surface area contributed by atoms with Crippen LogP contribution < -0.4 is 5.32 Å². The second kappa shape index (κ2) is 7.24. The molecule has 118 valence electrons. The van der Waals surface area contributed by atoms with E-state index in [4.69, 9.17) is 0 Å². The first kappa shape index (κ1) is 16.3. The largest absolute Gasteiger partial charge is 0.394 e. The van der Waals surface area contributed by atoms with Gasteiger partial charge in [-0.15, -0.1) is 0 Å². The van der Waals surface area contributed by atoms with E-state index < -0.39 is 0 Å². The molecule has 2 fully saturated rings. The molecule has 20 heavy (non-hydrogen) atoms. The van der Waals surface area contributed by atoms with E-state index in [9.17, 15) is 5.11 Å². The predicted octanol–water partition coefficient (Wildman–Crippen LogP) is 2.78. The second-order valence-corrected chi connectivity index (χ2v) is 7.38. The summed E-state index contributed by atoms with van der Waals surface area (Å²) in [6.07, 6.45) is 8.90. The van der Waals surface area contributed by atoms with Gasteiger partial charge in [-0.3, -0.25) is 0 Å². The van der Waals surface area contributed by atoms with Crippen LogP contribution in [0.4, 0.5) is 0 Å². The van der Waals surface area contributed by atoms with Crippen LogP contribution in [-0.4, -0.2) is 47.3 Å². The Morgan fingerprint density at radius 2 is 1.95 bits per heavy atom. The van der Waals surface area contributed by atoms with E-state index in [0.29, 0.717) is 12.1 Å². The summed E-state index contributed by atoms with van der Waals surface area (Å²) in [5.41, 5.74) is -0.0291. The van der Waals surface area contributed by atoms with E-state index in [0.717, 1.165) is 18.8 Å². The van der Waals surface area contributed by atoms with Gasteiger partial charge in [0.1, 0.15) is 0 Å². The third-order valence-electron chi connectivity index (χ3n) is 5.46. The number of rotatable bonds is 5. The van der Waals surface area contributed by atoms with Gasteiger partial charge < -0.3 is 15.3 Å². The van der Waals surface area contributed by atoms with Crippen LogP contribution in [0, 0.1) is 5.92 Å². The molecule has 1 aliphatic heterocycles. The predicted molar refractivity (Wildman–Crippen MR) is 84.9 cm³/mol. The van der Waals surface area contributed by atoms with Crippen molar-refractivity contribution < 1.29 is 5.11 Å². The Balaban J connectivity index is 1.92. The van der Waals surface area contributed by atoms with Gasteiger partial charge in [0, 0.05) is 17.6 Å². The lowest BCUT2D eigenvalue weighted by Crippen LogP contribution is -2.58. The number of aliphatic hydroxyl groups is 1. The number of piperidine rings is 1. The molecule has 0 radical (unpaired) electrons. The van der Waals surface area contributed by atoms with Crippen molar-refractivity contribution in [2.24, 2.45) is 5.92 Å². The van der Waals surface area contributed by atoms with Crippen LogP contribution in [0.2, 0.25) is 0 Å². The Morgan fingerprint density at radius 1 is 1.25 bits per heavy atom. The first-order chi connectivity index (χ1) is 9.58. The number of nitrogens with zero attached hydrogens (tertiary/aromatic N) is 1. The minimum absolute atomic E-state index is 0.0291. The topological polar surface area (TPSA) is 35.5 Å². The molecule has 0 aromatic carbocycles. The van der Waals surface area contributed by atoms with Gasteiger partial charge in [-0.2, -0.15) is 0 Å². The van der Waals surface area contributed by atoms with Crippen molar-refractivity contribution in [1.29, 1.82) is 0 Å². The zero-order valence-electron chi connectivity index (χ0n) is 13.7. The summed E-state index contributed by atoms with van der Waals surface area (Å²) in [5, 5.41) is 13.6. The standard InChI is InChI=1S/C17H34N2O/c1-4-15-7-10-19(11-8-15)16-6-5-9-17(12-16,13-20)18-14(2)3/h14-16,18,20H,4-13H2,1-3H3. The fraction of sp³-hybridized carbons (Fsp3) is 1.00. The second-order valence-electron chi connectivity index (χ2n) is 7.38. The van der Waals surface area contributed by atoms with E-state index in [-0.39, 0.29) is 12.1 Å². The molecule has 2 aliphatic rings. The molecule has 2 rings (SSSR count). The SMILES string of the molecule is CCC1CCN(C2CCCC(CO)(NC(C)C)C2)CC1. The van der Waals surface area contributed by atoms with Gasteiger partial charge in [0.05, 0.1) is 6.61 Å². The van der Waals surface area contributed by atoms with Crippen LogP contribution in [0.3, 0.4) is 0 Å². The number of hydrogen-bond donors (Lipinski definition) is 2. The maximum absolute atomic E-state index is 9.91. The van der Waals surface area contributed by atoms with Crippen LogP contribution in [-0.2, 0) is 0 Å². The minimum atomic E-state index is -0.0291. The van der Waals surface area contributed by atoms with Crippen molar-refractivity contribution in [2.75, 3.05) is 19.7 Å². The molecule has 0 aromatic rings. The van der Waals surface area contributed by atoms with Crippen LogP contribution in [0.15, 0.2) is 0 Å². The van der Waals surface area contributed by atoms with Crippen LogP contribution in [0.1, 0.15) is 65.7 Å². The van der Waals surface area contributed by atoms with E-state index >= 15 is 0 Å². The monoisotopic (exact) mass is 282 g/mol. The number of nitrogens with one attached hydrogen (secondary N) is 1. The average Bonchev–Trinajstić information content (AvgIpc) is 2.47. The normalized spacial score (nSPS) is 33.8. The summed E-state index contributed by atoms with van der Waals surface area (Å²) in [6.45, 7) is 9.53. The Hall–Kier alpha value is -0.120. The van der Waals surface area contributed by atoms with Crippen molar-refractivity contribution in [3.63, 3.8) is 0 Å². The minimum Gasteiger partial charge on any atom is -0.394 e. The summed E-state index contributed by atoms with van der Waals surface area (Å²) in [6, 6.07) is 1.13. The maximum atomic E-state index is 9.91. The summed E-state index contributed by atoms with van der Waals surface area (Å²) in [5.74, 6) is 0.950. The Kier molecular flexibility index (Phi) is 5.88. The van der Waals surface area contributed by atoms with Gasteiger partial charge >= 0.3 is 0 Å². The van der Waals surface area contributed by atoms with Gasteiger partial charge in [-0.05, 0) is 57.5 Å². The van der Waals surface area contributed by atoms with Gasteiger partial charge in [-0.25, -0.2) is 0 Å². The van der Waals surface area contributed by atoms with Gasteiger partial charge in [-0.1, -0.05) is 27.2 Å². The zero-order valence-corrected chi connectivity index (χ0v) is 13.7. The highest BCUT2D eigenvalue weighted by molar-refractivity contribution is 4.97. The molecule has 1 saturated carbocycles. The zero-order chi connectivity index (χ0) is 14.6. The molecule has 2 N–H and O–H groups in total.